The summed E-state index contributed by atoms with van der Waals surface area (Å²) in [5.74, 6) is 0. The fourth-order valence-electron chi connectivity index (χ4n) is 6.91. The number of hydrogen-bond acceptors (Lipinski definition) is 1. The minimum atomic E-state index is 0.674. The zero-order valence-electron chi connectivity index (χ0n) is 23.8. The molecule has 2 aromatic heterocycles. The predicted octanol–water partition coefficient (Wildman–Crippen LogP) is 10.6. The second-order valence-electron chi connectivity index (χ2n) is 11.3. The first-order valence-electron chi connectivity index (χ1n) is 14.8. The molecule has 0 saturated heterocycles. The van der Waals surface area contributed by atoms with Gasteiger partial charge >= 0.3 is 0 Å². The van der Waals surface area contributed by atoms with E-state index in [4.69, 9.17) is 0 Å². The van der Waals surface area contributed by atoms with E-state index in [1.54, 1.807) is 0 Å². The number of hydrogen-bond donors (Lipinski definition) is 0. The highest BCUT2D eigenvalue weighted by Gasteiger charge is 2.21. The van der Waals surface area contributed by atoms with Crippen molar-refractivity contribution in [3.8, 4) is 28.6 Å². The van der Waals surface area contributed by atoms with Crippen LogP contribution in [0, 0.1) is 11.3 Å². The van der Waals surface area contributed by atoms with Crippen LogP contribution in [0.5, 0.6) is 0 Å². The SMILES string of the molecule is N#Cc1ccc(-c2ccc3c(ccc4cc(-n5c6ccccc6c6c7ccccc7n(-c7ccccc7)c65)ccc43)c2)cc1. The molecule has 0 radical (unpaired) electrons. The zero-order chi connectivity index (χ0) is 29.2. The number of aromatic nitrogens is 2. The van der Waals surface area contributed by atoms with E-state index in [0.29, 0.717) is 5.56 Å². The summed E-state index contributed by atoms with van der Waals surface area (Å²) in [5, 5.41) is 17.8. The Kier molecular flexibility index (Phi) is 5.26. The third-order valence-electron chi connectivity index (χ3n) is 8.92. The van der Waals surface area contributed by atoms with E-state index in [0.717, 1.165) is 22.5 Å². The van der Waals surface area contributed by atoms with Gasteiger partial charge in [-0.2, -0.15) is 5.26 Å². The van der Waals surface area contributed by atoms with Crippen LogP contribution in [-0.2, 0) is 0 Å². The molecule has 44 heavy (non-hydrogen) atoms. The van der Waals surface area contributed by atoms with Crippen LogP contribution in [-0.4, -0.2) is 9.13 Å². The van der Waals surface area contributed by atoms with Gasteiger partial charge in [-0.3, -0.25) is 9.13 Å². The number of nitrogens with zero attached hydrogens (tertiary/aromatic N) is 3. The van der Waals surface area contributed by atoms with Gasteiger partial charge in [-0.05, 0) is 87.3 Å². The van der Waals surface area contributed by atoms with Gasteiger partial charge in [-0.25, -0.2) is 0 Å². The normalized spacial score (nSPS) is 11.6. The molecule has 0 spiro atoms. The van der Waals surface area contributed by atoms with Crippen LogP contribution < -0.4 is 0 Å². The van der Waals surface area contributed by atoms with Gasteiger partial charge in [0.05, 0.1) is 22.7 Å². The highest BCUT2D eigenvalue weighted by Crippen LogP contribution is 2.41. The van der Waals surface area contributed by atoms with Crippen molar-refractivity contribution >= 4 is 54.4 Å². The summed E-state index contributed by atoms with van der Waals surface area (Å²) in [7, 11) is 0. The van der Waals surface area contributed by atoms with Crippen LogP contribution in [0.1, 0.15) is 5.56 Å². The first-order chi connectivity index (χ1) is 21.8. The summed E-state index contributed by atoms with van der Waals surface area (Å²) in [6.45, 7) is 0. The fraction of sp³-hybridized carbons (Fsp3) is 0. The molecule has 0 bridgehead atoms. The molecule has 0 unspecified atom stereocenters. The molecule has 204 valence electrons. The molecule has 0 N–H and O–H groups in total. The lowest BCUT2D eigenvalue weighted by atomic mass is 9.97. The van der Waals surface area contributed by atoms with Crippen molar-refractivity contribution in [3.63, 3.8) is 0 Å². The van der Waals surface area contributed by atoms with Gasteiger partial charge in [0.1, 0.15) is 5.65 Å². The molecule has 9 rings (SSSR count). The Labute approximate surface area is 254 Å². The van der Waals surface area contributed by atoms with Crippen molar-refractivity contribution in [2.75, 3.05) is 0 Å². The Morgan fingerprint density at radius 1 is 0.432 bits per heavy atom. The molecule has 7 aromatic carbocycles. The van der Waals surface area contributed by atoms with E-state index in [1.165, 1.54) is 54.4 Å². The number of nitriles is 1. The second-order valence-corrected chi connectivity index (χ2v) is 11.3. The van der Waals surface area contributed by atoms with Crippen LogP contribution in [0.3, 0.4) is 0 Å². The summed E-state index contributed by atoms with van der Waals surface area (Å²) < 4.78 is 4.83. The molecular weight excluding hydrogens is 534 g/mol. The number of rotatable bonds is 3. The molecule has 0 amide bonds. The van der Waals surface area contributed by atoms with Crippen LogP contribution in [0.2, 0.25) is 0 Å². The van der Waals surface area contributed by atoms with Crippen LogP contribution in [0.15, 0.2) is 152 Å². The molecule has 3 heteroatoms. The van der Waals surface area contributed by atoms with Crippen LogP contribution in [0.25, 0.3) is 76.9 Å². The van der Waals surface area contributed by atoms with Crippen LogP contribution >= 0.6 is 0 Å². The largest absolute Gasteiger partial charge is 0.295 e. The molecule has 0 aliphatic rings. The molecule has 0 aliphatic carbocycles. The summed E-state index contributed by atoms with van der Waals surface area (Å²) >= 11 is 0. The topological polar surface area (TPSA) is 33.6 Å². The van der Waals surface area contributed by atoms with Gasteiger partial charge in [0.15, 0.2) is 0 Å². The summed E-state index contributed by atoms with van der Waals surface area (Å²) in [6.07, 6.45) is 0. The van der Waals surface area contributed by atoms with E-state index < -0.39 is 0 Å². The average Bonchev–Trinajstić information content (AvgIpc) is 3.61. The monoisotopic (exact) mass is 559 g/mol. The van der Waals surface area contributed by atoms with Crippen LogP contribution in [0.4, 0.5) is 0 Å². The summed E-state index contributed by atoms with van der Waals surface area (Å²) in [5.41, 5.74) is 8.78. The van der Waals surface area contributed by atoms with Crippen molar-refractivity contribution in [1.29, 1.82) is 5.26 Å². The Morgan fingerprint density at radius 3 is 1.68 bits per heavy atom. The molecule has 3 nitrogen and oxygen atoms in total. The maximum Gasteiger partial charge on any atom is 0.131 e. The lowest BCUT2D eigenvalue weighted by Crippen LogP contribution is -2.01. The maximum absolute atomic E-state index is 9.17. The van der Waals surface area contributed by atoms with Gasteiger partial charge in [0.2, 0.25) is 0 Å². The van der Waals surface area contributed by atoms with Crippen molar-refractivity contribution in [1.82, 2.24) is 9.13 Å². The number of para-hydroxylation sites is 3. The summed E-state index contributed by atoms with van der Waals surface area (Å²) in [6, 6.07) is 56.1. The van der Waals surface area contributed by atoms with E-state index in [2.05, 4.69) is 143 Å². The first-order valence-corrected chi connectivity index (χ1v) is 14.8. The van der Waals surface area contributed by atoms with E-state index >= 15 is 0 Å². The predicted molar refractivity (Wildman–Crippen MR) is 183 cm³/mol. The molecule has 9 aromatic rings. The van der Waals surface area contributed by atoms with Gasteiger partial charge in [0, 0.05) is 27.5 Å². The minimum absolute atomic E-state index is 0.674. The highest BCUT2D eigenvalue weighted by molar-refractivity contribution is 6.22. The van der Waals surface area contributed by atoms with E-state index in [1.807, 2.05) is 24.3 Å². The summed E-state index contributed by atoms with van der Waals surface area (Å²) in [4.78, 5) is 0. The Bertz CT molecular complexity index is 2600. The Hall–Kier alpha value is -6.11. The van der Waals surface area contributed by atoms with E-state index in [9.17, 15) is 5.26 Å². The molecular formula is C41H25N3. The molecule has 0 saturated carbocycles. The van der Waals surface area contributed by atoms with Crippen molar-refractivity contribution in [3.05, 3.63) is 157 Å². The average molecular weight is 560 g/mol. The molecule has 0 atom stereocenters. The second kappa shape index (κ2) is 9.46. The third-order valence-corrected chi connectivity index (χ3v) is 8.92. The lowest BCUT2D eigenvalue weighted by Gasteiger charge is -2.14. The lowest BCUT2D eigenvalue weighted by molar-refractivity contribution is 1.07. The van der Waals surface area contributed by atoms with Gasteiger partial charge in [0.25, 0.3) is 0 Å². The Morgan fingerprint density at radius 2 is 1.00 bits per heavy atom. The quantitative estimate of drug-likeness (QED) is 0.198. The van der Waals surface area contributed by atoms with Crippen molar-refractivity contribution in [2.45, 2.75) is 0 Å². The first kappa shape index (κ1) is 24.5. The zero-order valence-corrected chi connectivity index (χ0v) is 23.8. The fourth-order valence-corrected chi connectivity index (χ4v) is 6.91. The highest BCUT2D eigenvalue weighted by atomic mass is 15.1. The van der Waals surface area contributed by atoms with Gasteiger partial charge < -0.3 is 0 Å². The third kappa shape index (κ3) is 3.55. The van der Waals surface area contributed by atoms with Gasteiger partial charge in [-0.1, -0.05) is 97.1 Å². The van der Waals surface area contributed by atoms with Crippen molar-refractivity contribution in [2.24, 2.45) is 0 Å². The molecule has 0 fully saturated rings. The maximum atomic E-state index is 9.17. The smallest absolute Gasteiger partial charge is 0.131 e. The van der Waals surface area contributed by atoms with Gasteiger partial charge in [-0.15, -0.1) is 0 Å². The number of benzene rings is 7. The molecule has 2 heterocycles. The van der Waals surface area contributed by atoms with Crippen molar-refractivity contribution < 1.29 is 0 Å². The minimum Gasteiger partial charge on any atom is -0.295 e. The van der Waals surface area contributed by atoms with E-state index in [-0.39, 0.29) is 0 Å². The number of fused-ring (bicyclic) bond motifs is 8. The Balaban J connectivity index is 1.28. The molecule has 0 aliphatic heterocycles. The standard InChI is InChI=1S/C41H25N3/c42-26-27-14-16-28(17-15-27)29-20-22-34-30(24-29)18-19-31-25-33(21-23-35(31)34)44-39-13-7-5-11-37(39)40-36-10-4-6-12-38(36)43(41(40)44)32-8-2-1-3-9-32/h1-25H.